The number of likely N-dealkylation sites (tertiary alicyclic amines) is 1. The highest BCUT2D eigenvalue weighted by atomic mass is 16.3. The second-order valence-electron chi connectivity index (χ2n) is 7.79. The largest absolute Gasteiger partial charge is 0.395 e. The van der Waals surface area contributed by atoms with Crippen molar-refractivity contribution >= 4 is 0 Å². The molecule has 2 fully saturated rings. The first-order chi connectivity index (χ1) is 10.0. The fourth-order valence-corrected chi connectivity index (χ4v) is 3.79. The van der Waals surface area contributed by atoms with Gasteiger partial charge in [0, 0.05) is 6.54 Å². The number of piperidine rings is 1. The molecular formula is C19H39NO. The van der Waals surface area contributed by atoms with E-state index < -0.39 is 0 Å². The van der Waals surface area contributed by atoms with Gasteiger partial charge >= 0.3 is 0 Å². The SMILES string of the molecule is CC(C)C1CCCCC1.CC(C)C1CCN(CCO)CC1. The Labute approximate surface area is 133 Å². The minimum Gasteiger partial charge on any atom is -0.395 e. The van der Waals surface area contributed by atoms with Crippen molar-refractivity contribution in [1.82, 2.24) is 4.90 Å². The summed E-state index contributed by atoms with van der Waals surface area (Å²) < 4.78 is 0. The van der Waals surface area contributed by atoms with Gasteiger partial charge < -0.3 is 10.0 Å². The van der Waals surface area contributed by atoms with E-state index in [9.17, 15) is 0 Å². The molecule has 0 aromatic carbocycles. The number of hydrogen-bond donors (Lipinski definition) is 1. The summed E-state index contributed by atoms with van der Waals surface area (Å²) >= 11 is 0. The summed E-state index contributed by atoms with van der Waals surface area (Å²) in [6.07, 6.45) is 10.1. The van der Waals surface area contributed by atoms with Crippen LogP contribution >= 0.6 is 0 Å². The van der Waals surface area contributed by atoms with Gasteiger partial charge in [-0.15, -0.1) is 0 Å². The second-order valence-corrected chi connectivity index (χ2v) is 7.79. The van der Waals surface area contributed by atoms with E-state index in [0.717, 1.165) is 30.2 Å². The summed E-state index contributed by atoms with van der Waals surface area (Å²) in [6.45, 7) is 12.9. The third kappa shape index (κ3) is 7.65. The van der Waals surface area contributed by atoms with Crippen LogP contribution < -0.4 is 0 Å². The predicted molar refractivity (Wildman–Crippen MR) is 92.5 cm³/mol. The molecule has 2 aliphatic rings. The van der Waals surface area contributed by atoms with Crippen LogP contribution in [0.4, 0.5) is 0 Å². The number of nitrogens with zero attached hydrogens (tertiary/aromatic N) is 1. The van der Waals surface area contributed by atoms with E-state index in [4.69, 9.17) is 5.11 Å². The lowest BCUT2D eigenvalue weighted by atomic mass is 9.82. The number of aliphatic hydroxyl groups excluding tert-OH is 1. The Morgan fingerprint density at radius 3 is 1.67 bits per heavy atom. The molecule has 0 spiro atoms. The fraction of sp³-hybridized carbons (Fsp3) is 1.00. The average Bonchev–Trinajstić information content (AvgIpc) is 2.50. The zero-order valence-corrected chi connectivity index (χ0v) is 15.0. The van der Waals surface area contributed by atoms with E-state index in [1.807, 2.05) is 0 Å². The summed E-state index contributed by atoms with van der Waals surface area (Å²) in [6, 6.07) is 0. The van der Waals surface area contributed by atoms with Crippen LogP contribution in [0.3, 0.4) is 0 Å². The predicted octanol–water partition coefficient (Wildman–Crippen LogP) is 4.57. The van der Waals surface area contributed by atoms with E-state index >= 15 is 0 Å². The molecule has 0 aromatic heterocycles. The monoisotopic (exact) mass is 297 g/mol. The van der Waals surface area contributed by atoms with Crippen molar-refractivity contribution in [2.45, 2.75) is 72.6 Å². The maximum Gasteiger partial charge on any atom is 0.0558 e. The molecule has 0 unspecified atom stereocenters. The highest BCUT2D eigenvalue weighted by molar-refractivity contribution is 4.73. The first kappa shape index (κ1) is 19.0. The van der Waals surface area contributed by atoms with E-state index in [2.05, 4.69) is 32.6 Å². The van der Waals surface area contributed by atoms with Crippen molar-refractivity contribution in [2.24, 2.45) is 23.7 Å². The molecule has 2 nitrogen and oxygen atoms in total. The van der Waals surface area contributed by atoms with Gasteiger partial charge in [-0.1, -0.05) is 59.8 Å². The van der Waals surface area contributed by atoms with Crippen molar-refractivity contribution in [3.63, 3.8) is 0 Å². The normalized spacial score (nSPS) is 22.4. The van der Waals surface area contributed by atoms with Crippen LogP contribution in [-0.4, -0.2) is 36.2 Å². The van der Waals surface area contributed by atoms with Crippen molar-refractivity contribution < 1.29 is 5.11 Å². The van der Waals surface area contributed by atoms with Gasteiger partial charge in [0.1, 0.15) is 0 Å². The van der Waals surface area contributed by atoms with Crippen LogP contribution in [-0.2, 0) is 0 Å². The van der Waals surface area contributed by atoms with E-state index in [0.29, 0.717) is 6.61 Å². The van der Waals surface area contributed by atoms with Crippen molar-refractivity contribution in [3.05, 3.63) is 0 Å². The number of hydrogen-bond acceptors (Lipinski definition) is 2. The average molecular weight is 298 g/mol. The van der Waals surface area contributed by atoms with E-state index in [-0.39, 0.29) is 0 Å². The number of β-amino-alcohol motifs (C(OH)–C–C–N with tert-alkyl or cyclic N) is 1. The van der Waals surface area contributed by atoms with Crippen LogP contribution in [0, 0.1) is 23.7 Å². The second kappa shape index (κ2) is 10.6. The topological polar surface area (TPSA) is 23.5 Å². The number of aliphatic hydroxyl groups is 1. The molecule has 1 aliphatic heterocycles. The molecule has 1 saturated carbocycles. The van der Waals surface area contributed by atoms with E-state index in [1.165, 1.54) is 58.0 Å². The van der Waals surface area contributed by atoms with Crippen LogP contribution in [0.15, 0.2) is 0 Å². The lowest BCUT2D eigenvalue weighted by molar-refractivity contribution is 0.131. The molecule has 2 heteroatoms. The first-order valence-corrected chi connectivity index (χ1v) is 9.37. The molecule has 126 valence electrons. The van der Waals surface area contributed by atoms with Crippen LogP contribution in [0.1, 0.15) is 72.6 Å². The smallest absolute Gasteiger partial charge is 0.0558 e. The molecule has 0 amide bonds. The Kier molecular flexibility index (Phi) is 9.59. The lowest BCUT2D eigenvalue weighted by Gasteiger charge is -2.33. The van der Waals surface area contributed by atoms with Gasteiger partial charge in [-0.2, -0.15) is 0 Å². The highest BCUT2D eigenvalue weighted by Crippen LogP contribution is 2.29. The zero-order valence-electron chi connectivity index (χ0n) is 15.0. The molecule has 0 aromatic rings. The Hall–Kier alpha value is -0.0800. The zero-order chi connectivity index (χ0) is 15.7. The van der Waals surface area contributed by atoms with Gasteiger partial charge in [0.15, 0.2) is 0 Å². The molecule has 1 heterocycles. The van der Waals surface area contributed by atoms with Gasteiger partial charge in [0.2, 0.25) is 0 Å². The Morgan fingerprint density at radius 1 is 0.810 bits per heavy atom. The van der Waals surface area contributed by atoms with Gasteiger partial charge in [0.25, 0.3) is 0 Å². The molecule has 1 N–H and O–H groups in total. The Bertz CT molecular complexity index is 238. The Morgan fingerprint density at radius 2 is 1.29 bits per heavy atom. The molecule has 21 heavy (non-hydrogen) atoms. The summed E-state index contributed by atoms with van der Waals surface area (Å²) in [5, 5.41) is 8.75. The van der Waals surface area contributed by atoms with Gasteiger partial charge in [-0.05, 0) is 49.6 Å². The minimum atomic E-state index is 0.312. The Balaban J connectivity index is 0.000000219. The summed E-state index contributed by atoms with van der Waals surface area (Å²) in [5.74, 6) is 3.74. The van der Waals surface area contributed by atoms with Crippen molar-refractivity contribution in [3.8, 4) is 0 Å². The third-order valence-electron chi connectivity index (χ3n) is 5.58. The molecule has 2 rings (SSSR count). The third-order valence-corrected chi connectivity index (χ3v) is 5.58. The van der Waals surface area contributed by atoms with E-state index in [1.54, 1.807) is 0 Å². The van der Waals surface area contributed by atoms with Crippen LogP contribution in [0.25, 0.3) is 0 Å². The van der Waals surface area contributed by atoms with Gasteiger partial charge in [-0.3, -0.25) is 0 Å². The summed E-state index contributed by atoms with van der Waals surface area (Å²) in [4.78, 5) is 2.36. The quantitative estimate of drug-likeness (QED) is 0.821. The minimum absolute atomic E-state index is 0.312. The molecule has 1 aliphatic carbocycles. The van der Waals surface area contributed by atoms with Crippen molar-refractivity contribution in [1.29, 1.82) is 0 Å². The molecule has 1 saturated heterocycles. The summed E-state index contributed by atoms with van der Waals surface area (Å²) in [7, 11) is 0. The fourth-order valence-electron chi connectivity index (χ4n) is 3.79. The maximum atomic E-state index is 8.75. The molecule has 0 bridgehead atoms. The molecule has 0 radical (unpaired) electrons. The first-order valence-electron chi connectivity index (χ1n) is 9.37. The standard InChI is InChI=1S/C10H21NO.C9H18/c1-9(2)10-3-5-11(6-4-10)7-8-12;1-8(2)9-6-4-3-5-7-9/h9-10,12H,3-8H2,1-2H3;8-9H,3-7H2,1-2H3. The van der Waals surface area contributed by atoms with Gasteiger partial charge in [-0.25, -0.2) is 0 Å². The van der Waals surface area contributed by atoms with Crippen LogP contribution in [0.5, 0.6) is 0 Å². The lowest BCUT2D eigenvalue weighted by Crippen LogP contribution is -2.36. The summed E-state index contributed by atoms with van der Waals surface area (Å²) in [5.41, 5.74) is 0. The van der Waals surface area contributed by atoms with Crippen molar-refractivity contribution in [2.75, 3.05) is 26.2 Å². The maximum absolute atomic E-state index is 8.75. The number of rotatable bonds is 4. The molecular weight excluding hydrogens is 258 g/mol. The molecule has 0 atom stereocenters. The van der Waals surface area contributed by atoms with Crippen LogP contribution in [0.2, 0.25) is 0 Å². The highest BCUT2D eigenvalue weighted by Gasteiger charge is 2.20. The van der Waals surface area contributed by atoms with Gasteiger partial charge in [0.05, 0.1) is 6.61 Å².